The standard InChI is InChI=1S/C22H31N3O4S/c1-5-27-14-6-13-23-21(30)25-24-20(26)19-12-11-18(29-19)15-28-17-9-7-16(8-10-17)22(2,3)4/h7-12H,5-6,13-15H2,1-4H3,(H,24,26)(H2,23,25,30). The van der Waals surface area contributed by atoms with Crippen molar-refractivity contribution in [2.24, 2.45) is 0 Å². The van der Waals surface area contributed by atoms with Gasteiger partial charge < -0.3 is 19.2 Å². The third-order valence-corrected chi connectivity index (χ3v) is 4.48. The highest BCUT2D eigenvalue weighted by atomic mass is 32.1. The summed E-state index contributed by atoms with van der Waals surface area (Å²) in [7, 11) is 0. The van der Waals surface area contributed by atoms with Crippen LogP contribution in [0.3, 0.4) is 0 Å². The Hall–Kier alpha value is -2.58. The molecular formula is C22H31N3O4S. The topological polar surface area (TPSA) is 84.8 Å². The molecule has 0 aliphatic carbocycles. The van der Waals surface area contributed by atoms with Gasteiger partial charge in [0.05, 0.1) is 0 Å². The molecule has 3 N–H and O–H groups in total. The van der Waals surface area contributed by atoms with E-state index in [4.69, 9.17) is 26.1 Å². The molecule has 0 aliphatic rings. The summed E-state index contributed by atoms with van der Waals surface area (Å²) in [6.45, 7) is 10.7. The molecule has 0 fully saturated rings. The van der Waals surface area contributed by atoms with Crippen LogP contribution in [0.4, 0.5) is 0 Å². The van der Waals surface area contributed by atoms with Crippen LogP contribution in [0.15, 0.2) is 40.8 Å². The Balaban J connectivity index is 1.73. The molecule has 30 heavy (non-hydrogen) atoms. The first-order valence-corrected chi connectivity index (χ1v) is 10.4. The Kier molecular flexibility index (Phi) is 9.14. The molecule has 7 nitrogen and oxygen atoms in total. The van der Waals surface area contributed by atoms with E-state index in [-0.39, 0.29) is 17.8 Å². The van der Waals surface area contributed by atoms with Gasteiger partial charge in [0.2, 0.25) is 0 Å². The molecule has 1 amide bonds. The van der Waals surface area contributed by atoms with Gasteiger partial charge in [-0.1, -0.05) is 32.9 Å². The van der Waals surface area contributed by atoms with Gasteiger partial charge in [-0.2, -0.15) is 0 Å². The van der Waals surface area contributed by atoms with Crippen molar-refractivity contribution in [3.8, 4) is 5.75 Å². The van der Waals surface area contributed by atoms with Gasteiger partial charge in [0.15, 0.2) is 10.9 Å². The molecular weight excluding hydrogens is 402 g/mol. The van der Waals surface area contributed by atoms with Crippen LogP contribution in [0.2, 0.25) is 0 Å². The average Bonchev–Trinajstić information content (AvgIpc) is 3.19. The summed E-state index contributed by atoms with van der Waals surface area (Å²) in [6, 6.07) is 11.3. The number of hydrogen-bond acceptors (Lipinski definition) is 5. The maximum absolute atomic E-state index is 12.2. The van der Waals surface area contributed by atoms with Gasteiger partial charge >= 0.3 is 5.91 Å². The highest BCUT2D eigenvalue weighted by molar-refractivity contribution is 7.80. The molecule has 0 radical (unpaired) electrons. The predicted octanol–water partition coefficient (Wildman–Crippen LogP) is 3.69. The summed E-state index contributed by atoms with van der Waals surface area (Å²) in [5.74, 6) is 1.04. The summed E-state index contributed by atoms with van der Waals surface area (Å²) >= 11 is 5.10. The Morgan fingerprint density at radius 3 is 2.50 bits per heavy atom. The molecule has 164 valence electrons. The smallest absolute Gasteiger partial charge is 0.305 e. The van der Waals surface area contributed by atoms with Gasteiger partial charge in [0.25, 0.3) is 0 Å². The molecule has 0 atom stereocenters. The fraction of sp³-hybridized carbons (Fsp3) is 0.455. The fourth-order valence-electron chi connectivity index (χ4n) is 2.52. The van der Waals surface area contributed by atoms with Crippen LogP contribution in [0.25, 0.3) is 0 Å². The third-order valence-electron chi connectivity index (χ3n) is 4.23. The second kappa shape index (κ2) is 11.6. The molecule has 0 saturated carbocycles. The second-order valence-electron chi connectivity index (χ2n) is 7.71. The van der Waals surface area contributed by atoms with Crippen LogP contribution < -0.4 is 20.9 Å². The molecule has 0 aliphatic heterocycles. The number of benzene rings is 1. The zero-order chi connectivity index (χ0) is 22.0. The first-order valence-electron chi connectivity index (χ1n) is 10.0. The Morgan fingerprint density at radius 2 is 1.83 bits per heavy atom. The quantitative estimate of drug-likeness (QED) is 0.316. The van der Waals surface area contributed by atoms with Crippen molar-refractivity contribution < 1.29 is 18.7 Å². The summed E-state index contributed by atoms with van der Waals surface area (Å²) in [4.78, 5) is 12.2. The van der Waals surface area contributed by atoms with Crippen LogP contribution in [-0.4, -0.2) is 30.8 Å². The van der Waals surface area contributed by atoms with Crippen LogP contribution in [0, 0.1) is 0 Å². The number of hydrogen-bond donors (Lipinski definition) is 3. The number of thiocarbonyl (C=S) groups is 1. The molecule has 0 bridgehead atoms. The van der Waals surface area contributed by atoms with E-state index in [9.17, 15) is 4.79 Å². The van der Waals surface area contributed by atoms with Gasteiger partial charge in [0.1, 0.15) is 18.1 Å². The summed E-state index contributed by atoms with van der Waals surface area (Å²) in [5, 5.41) is 3.31. The van der Waals surface area contributed by atoms with Crippen molar-refractivity contribution in [3.05, 3.63) is 53.5 Å². The van der Waals surface area contributed by atoms with E-state index in [1.165, 1.54) is 5.56 Å². The van der Waals surface area contributed by atoms with E-state index in [1.54, 1.807) is 12.1 Å². The second-order valence-corrected chi connectivity index (χ2v) is 8.12. The molecule has 0 spiro atoms. The summed E-state index contributed by atoms with van der Waals surface area (Å²) in [5.41, 5.74) is 6.48. The van der Waals surface area contributed by atoms with Gasteiger partial charge in [-0.25, -0.2) is 0 Å². The number of carbonyl (C=O) groups is 1. The van der Waals surface area contributed by atoms with E-state index in [1.807, 2.05) is 19.1 Å². The first-order chi connectivity index (χ1) is 14.3. The monoisotopic (exact) mass is 433 g/mol. The van der Waals surface area contributed by atoms with Crippen molar-refractivity contribution in [1.29, 1.82) is 0 Å². The minimum atomic E-state index is -0.422. The van der Waals surface area contributed by atoms with E-state index in [0.717, 1.165) is 12.2 Å². The van der Waals surface area contributed by atoms with E-state index < -0.39 is 5.91 Å². The lowest BCUT2D eigenvalue weighted by atomic mass is 9.87. The molecule has 0 saturated heterocycles. The van der Waals surface area contributed by atoms with Crippen LogP contribution >= 0.6 is 12.2 Å². The third kappa shape index (κ3) is 8.04. The van der Waals surface area contributed by atoms with Crippen molar-refractivity contribution in [2.75, 3.05) is 19.8 Å². The molecule has 1 aromatic heterocycles. The fourth-order valence-corrected chi connectivity index (χ4v) is 2.68. The normalized spacial score (nSPS) is 11.1. The summed E-state index contributed by atoms with van der Waals surface area (Å²) in [6.07, 6.45) is 0.823. The zero-order valence-corrected chi connectivity index (χ0v) is 18.9. The van der Waals surface area contributed by atoms with E-state index in [0.29, 0.717) is 30.6 Å². The number of furan rings is 1. The number of rotatable bonds is 9. The predicted molar refractivity (Wildman–Crippen MR) is 120 cm³/mol. The average molecular weight is 434 g/mol. The van der Waals surface area contributed by atoms with Crippen molar-refractivity contribution in [2.45, 2.75) is 46.1 Å². The molecule has 1 aromatic carbocycles. The molecule has 1 heterocycles. The first kappa shape index (κ1) is 23.7. The number of nitrogens with one attached hydrogen (secondary N) is 3. The van der Waals surface area contributed by atoms with Crippen LogP contribution in [-0.2, 0) is 16.8 Å². The number of ether oxygens (including phenoxy) is 2. The molecule has 8 heteroatoms. The molecule has 0 unspecified atom stereocenters. The maximum Gasteiger partial charge on any atom is 0.305 e. The molecule has 2 aromatic rings. The Labute approximate surface area is 183 Å². The highest BCUT2D eigenvalue weighted by Crippen LogP contribution is 2.24. The maximum atomic E-state index is 12.2. The summed E-state index contributed by atoms with van der Waals surface area (Å²) < 4.78 is 16.5. The highest BCUT2D eigenvalue weighted by Gasteiger charge is 2.14. The Morgan fingerprint density at radius 1 is 1.10 bits per heavy atom. The zero-order valence-electron chi connectivity index (χ0n) is 18.0. The van der Waals surface area contributed by atoms with Gasteiger partial charge in [0, 0.05) is 19.8 Å². The van der Waals surface area contributed by atoms with Crippen LogP contribution in [0.5, 0.6) is 5.75 Å². The lowest BCUT2D eigenvalue weighted by Gasteiger charge is -2.19. The lowest BCUT2D eigenvalue weighted by molar-refractivity contribution is 0.0911. The number of hydrazine groups is 1. The van der Waals surface area contributed by atoms with Gasteiger partial charge in [-0.3, -0.25) is 15.6 Å². The van der Waals surface area contributed by atoms with Crippen molar-refractivity contribution in [3.63, 3.8) is 0 Å². The number of amides is 1. The Bertz CT molecular complexity index is 813. The molecule has 2 rings (SSSR count). The van der Waals surface area contributed by atoms with E-state index >= 15 is 0 Å². The SMILES string of the molecule is CCOCCCNC(=S)NNC(=O)c1ccc(COc2ccc(C(C)(C)C)cc2)o1. The largest absolute Gasteiger partial charge is 0.486 e. The van der Waals surface area contributed by atoms with Crippen LogP contribution in [0.1, 0.15) is 56.0 Å². The van der Waals surface area contributed by atoms with Crippen molar-refractivity contribution in [1.82, 2.24) is 16.2 Å². The van der Waals surface area contributed by atoms with Gasteiger partial charge in [-0.05, 0) is 60.8 Å². The number of carbonyl (C=O) groups excluding carboxylic acids is 1. The minimum absolute atomic E-state index is 0.0944. The minimum Gasteiger partial charge on any atom is -0.486 e. The lowest BCUT2D eigenvalue weighted by Crippen LogP contribution is -2.47. The van der Waals surface area contributed by atoms with Crippen molar-refractivity contribution >= 4 is 23.2 Å². The van der Waals surface area contributed by atoms with E-state index in [2.05, 4.69) is 49.1 Å². The van der Waals surface area contributed by atoms with Gasteiger partial charge in [-0.15, -0.1) is 0 Å².